The molecule has 2 N–H and O–H groups in total. The molecule has 1 aromatic carbocycles. The molecule has 2 amide bonds. The number of rotatable bonds is 4. The number of piperidine rings is 1. The summed E-state index contributed by atoms with van der Waals surface area (Å²) < 4.78 is 1.57. The fourth-order valence-corrected chi connectivity index (χ4v) is 4.45. The van der Waals surface area contributed by atoms with Crippen LogP contribution in [0.1, 0.15) is 36.0 Å². The molecule has 1 aromatic heterocycles. The molecule has 0 spiro atoms. The van der Waals surface area contributed by atoms with E-state index in [-0.39, 0.29) is 41.7 Å². The minimum absolute atomic E-state index is 0. The number of nitrogens with one attached hydrogen (secondary N) is 2. The number of nitrogens with zero attached hydrogens (tertiary/aromatic N) is 2. The number of aryl methyl sites for hydroxylation is 1. The van der Waals surface area contributed by atoms with Gasteiger partial charge in [-0.05, 0) is 44.2 Å². The van der Waals surface area contributed by atoms with E-state index in [1.807, 2.05) is 29.2 Å². The van der Waals surface area contributed by atoms with Crippen molar-refractivity contribution in [2.75, 3.05) is 26.2 Å². The van der Waals surface area contributed by atoms with Crippen LogP contribution in [0.4, 0.5) is 0 Å². The number of hydrogen-bond acceptors (Lipinski definition) is 4. The van der Waals surface area contributed by atoms with Gasteiger partial charge in [0.25, 0.3) is 11.5 Å². The first-order valence-electron chi connectivity index (χ1n) is 10.4. The van der Waals surface area contributed by atoms with Crippen LogP contribution in [-0.2, 0) is 11.8 Å². The fourth-order valence-electron chi connectivity index (χ4n) is 4.45. The van der Waals surface area contributed by atoms with E-state index in [0.29, 0.717) is 25.2 Å². The average molecular weight is 433 g/mol. The standard InChI is InChI=1S/C22H28N4O3.ClH/c1-25-19-9-3-2-7-16(19)17(12-20(25)27)22(29)26-11-5-6-15(14-26)13-24-21(28)18-8-4-10-23-18;/h2-3,7,9,12,15,18,23H,4-6,8,10-11,13-14H2,1H3,(H,24,28);1H. The van der Waals surface area contributed by atoms with Crippen molar-refractivity contribution in [2.45, 2.75) is 31.7 Å². The number of pyridine rings is 1. The van der Waals surface area contributed by atoms with E-state index in [2.05, 4.69) is 10.6 Å². The van der Waals surface area contributed by atoms with Gasteiger partial charge in [0.2, 0.25) is 5.91 Å². The Kier molecular flexibility index (Phi) is 7.15. The Labute approximate surface area is 182 Å². The second-order valence-electron chi connectivity index (χ2n) is 8.13. The van der Waals surface area contributed by atoms with Crippen molar-refractivity contribution in [1.82, 2.24) is 20.1 Å². The number of carbonyl (C=O) groups is 2. The van der Waals surface area contributed by atoms with Crippen molar-refractivity contribution in [2.24, 2.45) is 13.0 Å². The van der Waals surface area contributed by atoms with Crippen LogP contribution < -0.4 is 16.2 Å². The normalized spacial score (nSPS) is 21.3. The Balaban J connectivity index is 0.00000256. The molecule has 2 aliphatic rings. The van der Waals surface area contributed by atoms with Gasteiger partial charge < -0.3 is 20.1 Å². The van der Waals surface area contributed by atoms with Crippen LogP contribution in [0.5, 0.6) is 0 Å². The Morgan fingerprint density at radius 1 is 1.20 bits per heavy atom. The van der Waals surface area contributed by atoms with Gasteiger partial charge in [-0.15, -0.1) is 12.4 Å². The third-order valence-corrected chi connectivity index (χ3v) is 6.13. The zero-order valence-corrected chi connectivity index (χ0v) is 18.0. The first-order valence-corrected chi connectivity index (χ1v) is 10.4. The topological polar surface area (TPSA) is 83.4 Å². The summed E-state index contributed by atoms with van der Waals surface area (Å²) in [6.07, 6.45) is 3.81. The summed E-state index contributed by atoms with van der Waals surface area (Å²) in [7, 11) is 1.72. The smallest absolute Gasteiger partial charge is 0.254 e. The number of fused-ring (bicyclic) bond motifs is 1. The Morgan fingerprint density at radius 3 is 2.77 bits per heavy atom. The molecule has 2 aliphatic heterocycles. The van der Waals surface area contributed by atoms with Gasteiger partial charge in [0.1, 0.15) is 0 Å². The van der Waals surface area contributed by atoms with Crippen LogP contribution in [0, 0.1) is 5.92 Å². The van der Waals surface area contributed by atoms with Gasteiger partial charge in [0, 0.05) is 38.1 Å². The maximum Gasteiger partial charge on any atom is 0.254 e. The molecule has 2 atom stereocenters. The molecule has 2 fully saturated rings. The first-order chi connectivity index (χ1) is 14.0. The zero-order chi connectivity index (χ0) is 20.4. The SMILES string of the molecule is Cl.Cn1c(=O)cc(C(=O)N2CCCC(CNC(=O)C3CCCN3)C2)c2ccccc21. The van der Waals surface area contributed by atoms with Crippen LogP contribution in [0.2, 0.25) is 0 Å². The lowest BCUT2D eigenvalue weighted by molar-refractivity contribution is -0.123. The molecule has 2 aromatic rings. The summed E-state index contributed by atoms with van der Waals surface area (Å²) in [6, 6.07) is 8.87. The van der Waals surface area contributed by atoms with E-state index >= 15 is 0 Å². The molecule has 162 valence electrons. The lowest BCUT2D eigenvalue weighted by Gasteiger charge is -2.33. The van der Waals surface area contributed by atoms with Gasteiger partial charge in [0.05, 0.1) is 17.1 Å². The quantitative estimate of drug-likeness (QED) is 0.770. The maximum atomic E-state index is 13.3. The van der Waals surface area contributed by atoms with Crippen molar-refractivity contribution in [3.8, 4) is 0 Å². The second-order valence-corrected chi connectivity index (χ2v) is 8.13. The monoisotopic (exact) mass is 432 g/mol. The zero-order valence-electron chi connectivity index (χ0n) is 17.2. The maximum absolute atomic E-state index is 13.3. The van der Waals surface area contributed by atoms with E-state index < -0.39 is 0 Å². The van der Waals surface area contributed by atoms with Gasteiger partial charge in [-0.25, -0.2) is 0 Å². The lowest BCUT2D eigenvalue weighted by Crippen LogP contribution is -2.46. The molecular weight excluding hydrogens is 404 g/mol. The van der Waals surface area contributed by atoms with Crippen molar-refractivity contribution < 1.29 is 9.59 Å². The summed E-state index contributed by atoms with van der Waals surface area (Å²) >= 11 is 0. The minimum Gasteiger partial charge on any atom is -0.354 e. The highest BCUT2D eigenvalue weighted by atomic mass is 35.5. The molecule has 0 radical (unpaired) electrons. The third kappa shape index (κ3) is 4.52. The number of halogens is 1. The molecule has 8 heteroatoms. The highest BCUT2D eigenvalue weighted by Gasteiger charge is 2.28. The molecule has 0 saturated carbocycles. The Morgan fingerprint density at radius 2 is 2.00 bits per heavy atom. The van der Waals surface area contributed by atoms with E-state index in [4.69, 9.17) is 0 Å². The number of aromatic nitrogens is 1. The largest absolute Gasteiger partial charge is 0.354 e. The van der Waals surface area contributed by atoms with E-state index in [1.165, 1.54) is 6.07 Å². The number of likely N-dealkylation sites (tertiary alicyclic amines) is 1. The molecule has 4 rings (SSSR count). The molecular formula is C22H29ClN4O3. The van der Waals surface area contributed by atoms with Crippen molar-refractivity contribution in [1.29, 1.82) is 0 Å². The Hall–Kier alpha value is -2.38. The molecule has 30 heavy (non-hydrogen) atoms. The molecule has 0 bridgehead atoms. The third-order valence-electron chi connectivity index (χ3n) is 6.13. The predicted molar refractivity (Wildman–Crippen MR) is 119 cm³/mol. The van der Waals surface area contributed by atoms with E-state index in [1.54, 1.807) is 11.6 Å². The summed E-state index contributed by atoms with van der Waals surface area (Å²) in [4.78, 5) is 39.7. The summed E-state index contributed by atoms with van der Waals surface area (Å²) in [5.74, 6) is 0.187. The van der Waals surface area contributed by atoms with Crippen LogP contribution in [-0.4, -0.2) is 53.5 Å². The predicted octanol–water partition coefficient (Wildman–Crippen LogP) is 1.68. The number of benzene rings is 1. The number of hydrogen-bond donors (Lipinski definition) is 2. The lowest BCUT2D eigenvalue weighted by atomic mass is 9.96. The minimum atomic E-state index is -0.183. The fraction of sp³-hybridized carbons (Fsp3) is 0.500. The van der Waals surface area contributed by atoms with Crippen molar-refractivity contribution in [3.05, 3.63) is 46.2 Å². The highest BCUT2D eigenvalue weighted by Crippen LogP contribution is 2.22. The second kappa shape index (κ2) is 9.62. The first kappa shape index (κ1) is 22.3. The van der Waals surface area contributed by atoms with E-state index in [0.717, 1.165) is 43.1 Å². The van der Waals surface area contributed by atoms with Gasteiger partial charge >= 0.3 is 0 Å². The summed E-state index contributed by atoms with van der Waals surface area (Å²) in [5.41, 5.74) is 1.04. The van der Waals surface area contributed by atoms with Gasteiger partial charge in [-0.1, -0.05) is 18.2 Å². The number of carbonyl (C=O) groups excluding carboxylic acids is 2. The molecule has 2 unspecified atom stereocenters. The highest BCUT2D eigenvalue weighted by molar-refractivity contribution is 6.06. The van der Waals surface area contributed by atoms with Crippen LogP contribution in [0.3, 0.4) is 0 Å². The van der Waals surface area contributed by atoms with Gasteiger partial charge in [0.15, 0.2) is 0 Å². The summed E-state index contributed by atoms with van der Waals surface area (Å²) in [5, 5.41) is 7.05. The molecule has 0 aliphatic carbocycles. The molecule has 2 saturated heterocycles. The molecule has 3 heterocycles. The van der Waals surface area contributed by atoms with Gasteiger partial charge in [-0.3, -0.25) is 14.4 Å². The van der Waals surface area contributed by atoms with Crippen LogP contribution in [0.15, 0.2) is 35.1 Å². The molecule has 7 nitrogen and oxygen atoms in total. The van der Waals surface area contributed by atoms with E-state index in [9.17, 15) is 14.4 Å². The van der Waals surface area contributed by atoms with Gasteiger partial charge in [-0.2, -0.15) is 0 Å². The number of amides is 2. The van der Waals surface area contributed by atoms with Crippen LogP contribution >= 0.6 is 12.4 Å². The van der Waals surface area contributed by atoms with Crippen LogP contribution in [0.25, 0.3) is 10.9 Å². The summed E-state index contributed by atoms with van der Waals surface area (Å²) in [6.45, 7) is 2.75. The van der Waals surface area contributed by atoms with Crippen molar-refractivity contribution in [3.63, 3.8) is 0 Å². The Bertz CT molecular complexity index is 984. The van der Waals surface area contributed by atoms with Crippen molar-refractivity contribution >= 4 is 35.1 Å². The number of para-hydroxylation sites is 1. The average Bonchev–Trinajstić information content (AvgIpc) is 3.29.